The quantitative estimate of drug-likeness (QED) is 0.0813. The summed E-state index contributed by atoms with van der Waals surface area (Å²) in [5.74, 6) is 0. The summed E-state index contributed by atoms with van der Waals surface area (Å²) in [5.41, 5.74) is 0. The van der Waals surface area contributed by atoms with E-state index in [1.54, 1.807) is 0 Å². The zero-order valence-electron chi connectivity index (χ0n) is 26.6. The molecule has 0 aliphatic rings. The van der Waals surface area contributed by atoms with Gasteiger partial charge in [0, 0.05) is 6.61 Å². The number of aliphatic hydroxyl groups excluding tert-OH is 1. The predicted octanol–water partition coefficient (Wildman–Crippen LogP) is 12.5. The molecule has 38 heavy (non-hydrogen) atoms. The van der Waals surface area contributed by atoms with Crippen molar-refractivity contribution in [1.29, 1.82) is 0 Å². The molecule has 1 N–H and O–H groups in total. The van der Waals surface area contributed by atoms with Crippen molar-refractivity contribution in [2.45, 2.75) is 212 Å². The van der Waals surface area contributed by atoms with Crippen LogP contribution >= 0.6 is 0 Å². The normalized spacial score (nSPS) is 11.5. The number of aliphatic hydroxyl groups is 1. The number of unbranched alkanes of at least 4 members (excludes halogenated alkanes) is 31. The molecule has 0 heterocycles. The van der Waals surface area contributed by atoms with Gasteiger partial charge in [0.15, 0.2) is 0 Å². The number of ether oxygens (including phenoxy) is 1. The maximum absolute atomic E-state index is 8.66. The van der Waals surface area contributed by atoms with Crippen molar-refractivity contribution in [2.75, 3.05) is 19.8 Å². The third-order valence-electron chi connectivity index (χ3n) is 8.38. The first-order valence-corrected chi connectivity index (χ1v) is 18.1. The Hall–Kier alpha value is -0.0800. The van der Waals surface area contributed by atoms with Gasteiger partial charge in [-0.15, -0.1) is 0 Å². The van der Waals surface area contributed by atoms with E-state index in [-0.39, 0.29) is 6.61 Å². The average Bonchev–Trinajstić information content (AvgIpc) is 2.93. The smallest absolute Gasteiger partial charge is 0.0697 e. The molecule has 0 aromatic heterocycles. The van der Waals surface area contributed by atoms with Crippen molar-refractivity contribution in [2.24, 2.45) is 0 Å². The Balaban J connectivity index is 3.01. The van der Waals surface area contributed by atoms with Crippen LogP contribution in [-0.4, -0.2) is 24.9 Å². The van der Waals surface area contributed by atoms with Crippen molar-refractivity contribution in [3.63, 3.8) is 0 Å². The predicted molar refractivity (Wildman–Crippen MR) is 171 cm³/mol. The Labute approximate surface area is 241 Å². The maximum Gasteiger partial charge on any atom is 0.0697 e. The molecule has 230 valence electrons. The summed E-state index contributed by atoms with van der Waals surface area (Å²) in [7, 11) is 0. The third kappa shape index (κ3) is 35.9. The summed E-state index contributed by atoms with van der Waals surface area (Å²) in [5, 5.41) is 8.66. The highest BCUT2D eigenvalue weighted by Gasteiger charge is 1.97. The summed E-state index contributed by atoms with van der Waals surface area (Å²) in [6.45, 7) is 3.78. The van der Waals surface area contributed by atoms with Crippen LogP contribution in [0.2, 0.25) is 0 Å². The van der Waals surface area contributed by atoms with Crippen LogP contribution in [-0.2, 0) is 4.74 Å². The second-order valence-corrected chi connectivity index (χ2v) is 12.3. The van der Waals surface area contributed by atoms with Crippen molar-refractivity contribution in [3.05, 3.63) is 0 Å². The second kappa shape index (κ2) is 36.9. The average molecular weight is 539 g/mol. The van der Waals surface area contributed by atoms with Crippen LogP contribution in [0.5, 0.6) is 0 Å². The highest BCUT2D eigenvalue weighted by atomic mass is 16.5. The van der Waals surface area contributed by atoms with Crippen LogP contribution < -0.4 is 0 Å². The lowest BCUT2D eigenvalue weighted by Crippen LogP contribution is -2.00. The van der Waals surface area contributed by atoms with Gasteiger partial charge >= 0.3 is 0 Å². The number of hydrogen-bond donors (Lipinski definition) is 1. The molecule has 2 heteroatoms. The molecule has 0 amide bonds. The summed E-state index contributed by atoms with van der Waals surface area (Å²) in [4.78, 5) is 0. The Bertz CT molecular complexity index is 348. The largest absolute Gasteiger partial charge is 0.394 e. The minimum absolute atomic E-state index is 0.152. The molecule has 0 bridgehead atoms. The third-order valence-corrected chi connectivity index (χ3v) is 8.38. The van der Waals surface area contributed by atoms with Crippen molar-refractivity contribution in [3.8, 4) is 0 Å². The highest BCUT2D eigenvalue weighted by molar-refractivity contribution is 4.52. The molecule has 0 spiro atoms. The van der Waals surface area contributed by atoms with E-state index in [0.29, 0.717) is 6.61 Å². The van der Waals surface area contributed by atoms with Crippen LogP contribution in [0.25, 0.3) is 0 Å². The molecule has 0 saturated carbocycles. The van der Waals surface area contributed by atoms with Gasteiger partial charge < -0.3 is 9.84 Å². The molecule has 0 aromatic rings. The molecule has 0 aliphatic carbocycles. The first kappa shape index (κ1) is 37.9. The molecule has 0 unspecified atom stereocenters. The molecule has 0 aromatic carbocycles. The molecule has 0 saturated heterocycles. The van der Waals surface area contributed by atoms with E-state index in [4.69, 9.17) is 9.84 Å². The fraction of sp³-hybridized carbons (Fsp3) is 1.00. The Kier molecular flexibility index (Phi) is 36.8. The van der Waals surface area contributed by atoms with Crippen LogP contribution in [0.15, 0.2) is 0 Å². The van der Waals surface area contributed by atoms with E-state index < -0.39 is 0 Å². The summed E-state index contributed by atoms with van der Waals surface area (Å²) in [6.07, 6.45) is 46.3. The second-order valence-electron chi connectivity index (χ2n) is 12.3. The summed E-state index contributed by atoms with van der Waals surface area (Å²) in [6, 6.07) is 0. The fourth-order valence-electron chi connectivity index (χ4n) is 5.75. The Morgan fingerprint density at radius 3 is 0.711 bits per heavy atom. The topological polar surface area (TPSA) is 29.5 Å². The summed E-state index contributed by atoms with van der Waals surface area (Å²) < 4.78 is 5.30. The van der Waals surface area contributed by atoms with Gasteiger partial charge in [0.2, 0.25) is 0 Å². The molecule has 0 atom stereocenters. The zero-order valence-corrected chi connectivity index (χ0v) is 26.6. The van der Waals surface area contributed by atoms with Crippen LogP contribution in [0.4, 0.5) is 0 Å². The lowest BCUT2D eigenvalue weighted by molar-refractivity contribution is 0.0895. The Morgan fingerprint density at radius 2 is 0.500 bits per heavy atom. The van der Waals surface area contributed by atoms with Gasteiger partial charge in [0.25, 0.3) is 0 Å². The molecular formula is C36H74O2. The van der Waals surface area contributed by atoms with Crippen molar-refractivity contribution < 1.29 is 9.84 Å². The molecule has 0 rings (SSSR count). The molecule has 0 fully saturated rings. The van der Waals surface area contributed by atoms with Crippen molar-refractivity contribution >= 4 is 0 Å². The minimum atomic E-state index is 0.152. The van der Waals surface area contributed by atoms with E-state index in [1.807, 2.05) is 0 Å². The van der Waals surface area contributed by atoms with Gasteiger partial charge in [0.1, 0.15) is 0 Å². The zero-order chi connectivity index (χ0) is 27.5. The lowest BCUT2D eigenvalue weighted by Gasteiger charge is -2.05. The van der Waals surface area contributed by atoms with Crippen molar-refractivity contribution in [1.82, 2.24) is 0 Å². The maximum atomic E-state index is 8.66. The van der Waals surface area contributed by atoms with E-state index >= 15 is 0 Å². The molecule has 0 radical (unpaired) electrons. The standard InChI is InChI=1S/C36H74O2/c1-2-3-4-5-6-7-8-9-10-11-12-13-14-15-16-17-18-19-20-21-22-23-24-25-26-27-28-29-30-31-32-33-35-38-36-34-37/h37H,2-36H2,1H3. The first-order valence-electron chi connectivity index (χ1n) is 18.1. The Morgan fingerprint density at radius 1 is 0.289 bits per heavy atom. The fourth-order valence-corrected chi connectivity index (χ4v) is 5.75. The lowest BCUT2D eigenvalue weighted by atomic mass is 10.0. The van der Waals surface area contributed by atoms with Crippen LogP contribution in [0.3, 0.4) is 0 Å². The van der Waals surface area contributed by atoms with Gasteiger partial charge in [0.05, 0.1) is 13.2 Å². The first-order chi connectivity index (χ1) is 18.9. The number of hydrogen-bond acceptors (Lipinski definition) is 2. The highest BCUT2D eigenvalue weighted by Crippen LogP contribution is 2.16. The summed E-state index contributed by atoms with van der Waals surface area (Å²) >= 11 is 0. The van der Waals surface area contributed by atoms with E-state index in [0.717, 1.165) is 13.0 Å². The van der Waals surface area contributed by atoms with E-state index in [9.17, 15) is 0 Å². The van der Waals surface area contributed by atoms with Gasteiger partial charge in [-0.2, -0.15) is 0 Å². The van der Waals surface area contributed by atoms with E-state index in [2.05, 4.69) is 6.92 Å². The minimum Gasteiger partial charge on any atom is -0.394 e. The van der Waals surface area contributed by atoms with Crippen LogP contribution in [0.1, 0.15) is 212 Å². The van der Waals surface area contributed by atoms with Gasteiger partial charge in [-0.1, -0.05) is 206 Å². The van der Waals surface area contributed by atoms with Gasteiger partial charge in [-0.25, -0.2) is 0 Å². The molecule has 0 aliphatic heterocycles. The van der Waals surface area contributed by atoms with Gasteiger partial charge in [-0.05, 0) is 6.42 Å². The monoisotopic (exact) mass is 539 g/mol. The van der Waals surface area contributed by atoms with Gasteiger partial charge in [-0.3, -0.25) is 0 Å². The molecule has 2 nitrogen and oxygen atoms in total. The molecular weight excluding hydrogens is 464 g/mol. The van der Waals surface area contributed by atoms with E-state index in [1.165, 1.54) is 199 Å². The SMILES string of the molecule is CCCCCCCCCCCCCCCCCCCCCCCCCCCCCCCCCCOCCO. The van der Waals surface area contributed by atoms with Crippen LogP contribution in [0, 0.1) is 0 Å². The number of rotatable bonds is 35.